The lowest BCUT2D eigenvalue weighted by atomic mass is 9.78. The summed E-state index contributed by atoms with van der Waals surface area (Å²) in [7, 11) is -1.57. The highest BCUT2D eigenvalue weighted by molar-refractivity contribution is 6.58. The third-order valence-corrected chi connectivity index (χ3v) is 5.06. The molecular formula is C26H29BO4. The van der Waals surface area contributed by atoms with Crippen LogP contribution in [0.3, 0.4) is 0 Å². The van der Waals surface area contributed by atoms with Crippen molar-refractivity contribution in [3.8, 4) is 11.5 Å². The van der Waals surface area contributed by atoms with Crippen molar-refractivity contribution in [2.24, 2.45) is 0 Å². The van der Waals surface area contributed by atoms with Crippen molar-refractivity contribution in [2.75, 3.05) is 13.2 Å². The van der Waals surface area contributed by atoms with Gasteiger partial charge in [0, 0.05) is 0 Å². The van der Waals surface area contributed by atoms with E-state index in [1.54, 1.807) is 6.07 Å². The van der Waals surface area contributed by atoms with Crippen LogP contribution in [0.2, 0.25) is 0 Å². The van der Waals surface area contributed by atoms with Gasteiger partial charge in [0.05, 0.1) is 13.2 Å². The summed E-state index contributed by atoms with van der Waals surface area (Å²) in [6.07, 6.45) is 0.758. The van der Waals surface area contributed by atoms with E-state index in [1.807, 2.05) is 56.3 Å². The van der Waals surface area contributed by atoms with Crippen LogP contribution >= 0.6 is 0 Å². The number of hydrogen-bond acceptors (Lipinski definition) is 4. The summed E-state index contributed by atoms with van der Waals surface area (Å²) in [4.78, 5) is 0. The summed E-state index contributed by atoms with van der Waals surface area (Å²) in [5, 5.41) is 19.6. The van der Waals surface area contributed by atoms with Crippen molar-refractivity contribution in [3.05, 3.63) is 89.5 Å². The predicted molar refractivity (Wildman–Crippen MR) is 128 cm³/mol. The third-order valence-electron chi connectivity index (χ3n) is 5.06. The van der Waals surface area contributed by atoms with Crippen LogP contribution in [0.1, 0.15) is 43.9 Å². The van der Waals surface area contributed by atoms with Gasteiger partial charge in [-0.15, -0.1) is 0 Å². The zero-order chi connectivity index (χ0) is 22.2. The molecule has 3 rings (SSSR count). The molecule has 0 aliphatic rings. The van der Waals surface area contributed by atoms with Gasteiger partial charge in [0.1, 0.15) is 11.5 Å². The van der Waals surface area contributed by atoms with Crippen LogP contribution in [0.4, 0.5) is 0 Å². The highest BCUT2D eigenvalue weighted by Crippen LogP contribution is 2.35. The monoisotopic (exact) mass is 416 g/mol. The minimum Gasteiger partial charge on any atom is -0.494 e. The Morgan fingerprint density at radius 2 is 1.32 bits per heavy atom. The number of benzene rings is 3. The second-order valence-electron chi connectivity index (χ2n) is 7.13. The highest BCUT2D eigenvalue weighted by atomic mass is 16.5. The van der Waals surface area contributed by atoms with Gasteiger partial charge < -0.3 is 19.5 Å². The second-order valence-corrected chi connectivity index (χ2v) is 7.13. The van der Waals surface area contributed by atoms with Crippen molar-refractivity contribution in [2.45, 2.75) is 27.2 Å². The molecule has 3 aromatic carbocycles. The molecule has 0 fully saturated rings. The lowest BCUT2D eigenvalue weighted by molar-refractivity contribution is 0.340. The van der Waals surface area contributed by atoms with Gasteiger partial charge in [-0.25, -0.2) is 0 Å². The first kappa shape index (κ1) is 22.7. The quantitative estimate of drug-likeness (QED) is 0.398. The van der Waals surface area contributed by atoms with E-state index >= 15 is 0 Å². The molecule has 0 atom stereocenters. The Morgan fingerprint density at radius 3 is 1.90 bits per heavy atom. The van der Waals surface area contributed by atoms with E-state index in [9.17, 15) is 10.0 Å². The van der Waals surface area contributed by atoms with E-state index < -0.39 is 7.12 Å². The van der Waals surface area contributed by atoms with E-state index in [-0.39, 0.29) is 0 Å². The van der Waals surface area contributed by atoms with E-state index in [0.29, 0.717) is 24.4 Å². The molecule has 31 heavy (non-hydrogen) atoms. The second kappa shape index (κ2) is 10.8. The van der Waals surface area contributed by atoms with Crippen molar-refractivity contribution in [1.29, 1.82) is 0 Å². The van der Waals surface area contributed by atoms with Gasteiger partial charge in [-0.1, -0.05) is 55.5 Å². The standard InChI is InChI=1S/C26H29BO4/c1-4-25(21-16-22(27(28)29)18-24(17-21)31-6-3)26(19-10-8-7-9-11-19)20-12-14-23(15-13-20)30-5-2/h7-18,28-29H,4-6H2,1-3H3/b26-25+. The maximum Gasteiger partial charge on any atom is 0.488 e. The molecule has 0 bridgehead atoms. The Morgan fingerprint density at radius 1 is 0.710 bits per heavy atom. The third kappa shape index (κ3) is 5.57. The molecule has 0 heterocycles. The first-order chi connectivity index (χ1) is 15.1. The molecule has 0 saturated heterocycles. The first-order valence-corrected chi connectivity index (χ1v) is 10.7. The maximum atomic E-state index is 9.82. The zero-order valence-electron chi connectivity index (χ0n) is 18.3. The first-order valence-electron chi connectivity index (χ1n) is 10.7. The minimum absolute atomic E-state index is 0.408. The molecule has 0 aliphatic carbocycles. The van der Waals surface area contributed by atoms with E-state index in [4.69, 9.17) is 9.47 Å². The summed E-state index contributed by atoms with van der Waals surface area (Å²) >= 11 is 0. The summed E-state index contributed by atoms with van der Waals surface area (Å²) in [5.74, 6) is 1.45. The molecule has 5 heteroatoms. The molecule has 0 aromatic heterocycles. The van der Waals surface area contributed by atoms with Crippen molar-refractivity contribution < 1.29 is 19.5 Å². The predicted octanol–water partition coefficient (Wildman–Crippen LogP) is 4.53. The van der Waals surface area contributed by atoms with E-state index in [0.717, 1.165) is 40.0 Å². The van der Waals surface area contributed by atoms with E-state index in [2.05, 4.69) is 31.2 Å². The largest absolute Gasteiger partial charge is 0.494 e. The summed E-state index contributed by atoms with van der Waals surface area (Å²) in [5.41, 5.74) is 5.67. The molecule has 0 amide bonds. The zero-order valence-corrected chi connectivity index (χ0v) is 18.3. The maximum absolute atomic E-state index is 9.82. The molecule has 0 saturated carbocycles. The van der Waals surface area contributed by atoms with Gasteiger partial charge >= 0.3 is 7.12 Å². The Hall–Kier alpha value is -3.02. The topological polar surface area (TPSA) is 58.9 Å². The summed E-state index contributed by atoms with van der Waals surface area (Å²) in [6.45, 7) is 7.11. The summed E-state index contributed by atoms with van der Waals surface area (Å²) in [6, 6.07) is 23.8. The molecule has 3 aromatic rings. The molecule has 0 spiro atoms. The van der Waals surface area contributed by atoms with Crippen molar-refractivity contribution in [1.82, 2.24) is 0 Å². The smallest absolute Gasteiger partial charge is 0.488 e. The molecule has 0 aliphatic heterocycles. The fraction of sp³-hybridized carbons (Fsp3) is 0.231. The molecule has 160 valence electrons. The van der Waals surface area contributed by atoms with Gasteiger partial charge in [-0.05, 0) is 77.8 Å². The van der Waals surface area contributed by atoms with Crippen LogP contribution in [-0.4, -0.2) is 30.4 Å². The molecule has 2 N–H and O–H groups in total. The molecule has 4 nitrogen and oxygen atoms in total. The lowest BCUT2D eigenvalue weighted by Crippen LogP contribution is -2.30. The van der Waals surface area contributed by atoms with Crippen molar-refractivity contribution >= 4 is 23.7 Å². The molecular weight excluding hydrogens is 387 g/mol. The lowest BCUT2D eigenvalue weighted by Gasteiger charge is -2.18. The van der Waals surface area contributed by atoms with Gasteiger partial charge in [0.25, 0.3) is 0 Å². The van der Waals surface area contributed by atoms with Crippen molar-refractivity contribution in [3.63, 3.8) is 0 Å². The number of ether oxygens (including phenoxy) is 2. The highest BCUT2D eigenvalue weighted by Gasteiger charge is 2.18. The van der Waals surface area contributed by atoms with Crippen LogP contribution in [0.25, 0.3) is 11.1 Å². The van der Waals surface area contributed by atoms with Gasteiger partial charge in [-0.3, -0.25) is 0 Å². The average Bonchev–Trinajstić information content (AvgIpc) is 2.79. The molecule has 0 radical (unpaired) electrons. The number of allylic oxidation sites excluding steroid dienone is 1. The normalized spacial score (nSPS) is 11.6. The minimum atomic E-state index is -1.57. The average molecular weight is 416 g/mol. The SMILES string of the molecule is CCOc1ccc(/C(=C(\CC)c2cc(OCC)cc(B(O)O)c2)c2ccccc2)cc1. The Bertz CT molecular complexity index is 1010. The summed E-state index contributed by atoms with van der Waals surface area (Å²) < 4.78 is 11.3. The van der Waals surface area contributed by atoms with Crippen LogP contribution < -0.4 is 14.9 Å². The van der Waals surface area contributed by atoms with Gasteiger partial charge in [0.2, 0.25) is 0 Å². The molecule has 0 unspecified atom stereocenters. The van der Waals surface area contributed by atoms with E-state index in [1.165, 1.54) is 0 Å². The Balaban J connectivity index is 2.24. The fourth-order valence-corrected chi connectivity index (χ4v) is 3.73. The number of hydrogen-bond donors (Lipinski definition) is 2. The van der Waals surface area contributed by atoms with Crippen LogP contribution in [0.15, 0.2) is 72.8 Å². The van der Waals surface area contributed by atoms with Gasteiger partial charge in [0.15, 0.2) is 0 Å². The number of rotatable bonds is 9. The van der Waals surface area contributed by atoms with Crippen LogP contribution in [-0.2, 0) is 0 Å². The van der Waals surface area contributed by atoms with Crippen LogP contribution in [0.5, 0.6) is 11.5 Å². The van der Waals surface area contributed by atoms with Crippen LogP contribution in [0, 0.1) is 0 Å². The Labute approximate surface area is 184 Å². The Kier molecular flexibility index (Phi) is 7.93. The fourth-order valence-electron chi connectivity index (χ4n) is 3.73. The van der Waals surface area contributed by atoms with Gasteiger partial charge in [-0.2, -0.15) is 0 Å².